The number of aryl methyl sites for hydroxylation is 1. The fourth-order valence-corrected chi connectivity index (χ4v) is 4.70. The highest BCUT2D eigenvalue weighted by molar-refractivity contribution is 6.25. The molecule has 0 spiro atoms. The third kappa shape index (κ3) is 9.40. The number of ether oxygens (including phenoxy) is 4. The lowest BCUT2D eigenvalue weighted by Gasteiger charge is -2.28. The summed E-state index contributed by atoms with van der Waals surface area (Å²) in [5, 5.41) is 8.88. The van der Waals surface area contributed by atoms with Crippen LogP contribution in [0.3, 0.4) is 0 Å². The fraction of sp³-hybridized carbons (Fsp3) is 0.406. The fourth-order valence-electron chi connectivity index (χ4n) is 4.70. The van der Waals surface area contributed by atoms with E-state index in [1.165, 1.54) is 0 Å². The van der Waals surface area contributed by atoms with E-state index < -0.39 is 42.0 Å². The summed E-state index contributed by atoms with van der Waals surface area (Å²) in [6.45, 7) is 3.07. The summed E-state index contributed by atoms with van der Waals surface area (Å²) in [4.78, 5) is 66.4. The molecule has 0 radical (unpaired) electrons. The van der Waals surface area contributed by atoms with Crippen LogP contribution in [0.1, 0.15) is 36.5 Å². The summed E-state index contributed by atoms with van der Waals surface area (Å²) < 4.78 is 21.1. The SMILES string of the molecule is CO[C@@H](C(=O)N1C(=O)OC[C@H]1Cc1ccccc1)[C@@H](OC(C)=O)C(=O)C=C(C(=O)CCCOCCO)c1cccc(C)c1. The van der Waals surface area contributed by atoms with Gasteiger partial charge < -0.3 is 24.1 Å². The zero-order valence-corrected chi connectivity index (χ0v) is 24.5. The van der Waals surface area contributed by atoms with E-state index in [0.29, 0.717) is 18.4 Å². The number of methoxy groups -OCH3 is 1. The van der Waals surface area contributed by atoms with Gasteiger partial charge in [0, 0.05) is 32.6 Å². The third-order valence-corrected chi connectivity index (χ3v) is 6.70. The minimum atomic E-state index is -1.79. The van der Waals surface area contributed by atoms with Gasteiger partial charge >= 0.3 is 12.1 Å². The predicted octanol–water partition coefficient (Wildman–Crippen LogP) is 2.84. The maximum atomic E-state index is 13.7. The number of aliphatic hydroxyl groups is 1. The van der Waals surface area contributed by atoms with Gasteiger partial charge in [-0.25, -0.2) is 9.69 Å². The first-order chi connectivity index (χ1) is 20.7. The summed E-state index contributed by atoms with van der Waals surface area (Å²) in [5.74, 6) is -3.03. The van der Waals surface area contributed by atoms with E-state index >= 15 is 0 Å². The lowest BCUT2D eigenvalue weighted by Crippen LogP contribution is -2.53. The van der Waals surface area contributed by atoms with Crippen molar-refractivity contribution in [3.05, 3.63) is 77.4 Å². The number of rotatable bonds is 16. The van der Waals surface area contributed by atoms with Crippen LogP contribution in [0.5, 0.6) is 0 Å². The molecule has 1 fully saturated rings. The number of allylic oxidation sites excluding steroid dienone is 1. The molecule has 1 aliphatic heterocycles. The van der Waals surface area contributed by atoms with Gasteiger partial charge in [-0.05, 0) is 37.0 Å². The number of amides is 2. The van der Waals surface area contributed by atoms with E-state index in [0.717, 1.165) is 36.1 Å². The number of carbonyl (C=O) groups excluding carboxylic acids is 5. The minimum absolute atomic E-state index is 0.0319. The maximum Gasteiger partial charge on any atom is 0.417 e. The Morgan fingerprint density at radius 3 is 2.47 bits per heavy atom. The average molecular weight is 596 g/mol. The van der Waals surface area contributed by atoms with E-state index in [1.54, 1.807) is 18.2 Å². The van der Waals surface area contributed by atoms with Crippen LogP contribution in [0.25, 0.3) is 5.57 Å². The summed E-state index contributed by atoms with van der Waals surface area (Å²) in [6.07, 6.45) is -2.68. The van der Waals surface area contributed by atoms with Gasteiger partial charge in [0.15, 0.2) is 23.8 Å². The molecule has 0 aliphatic carbocycles. The maximum absolute atomic E-state index is 13.7. The first-order valence-electron chi connectivity index (χ1n) is 13.9. The number of carbonyl (C=O) groups is 5. The molecular formula is C32H37NO10. The zero-order valence-electron chi connectivity index (χ0n) is 24.5. The Morgan fingerprint density at radius 1 is 1.07 bits per heavy atom. The minimum Gasteiger partial charge on any atom is -0.451 e. The molecule has 1 N–H and O–H groups in total. The molecule has 2 aromatic rings. The molecule has 3 atom stereocenters. The van der Waals surface area contributed by atoms with Crippen molar-refractivity contribution >= 4 is 35.1 Å². The van der Waals surface area contributed by atoms with Gasteiger partial charge in [-0.3, -0.25) is 19.2 Å². The molecule has 0 aromatic heterocycles. The van der Waals surface area contributed by atoms with Crippen LogP contribution in [0, 0.1) is 6.92 Å². The number of esters is 1. The van der Waals surface area contributed by atoms with Crippen LogP contribution >= 0.6 is 0 Å². The van der Waals surface area contributed by atoms with E-state index in [9.17, 15) is 24.0 Å². The van der Waals surface area contributed by atoms with Crippen molar-refractivity contribution < 1.29 is 48.0 Å². The van der Waals surface area contributed by atoms with Crippen molar-refractivity contribution in [2.24, 2.45) is 0 Å². The van der Waals surface area contributed by atoms with E-state index in [2.05, 4.69) is 0 Å². The zero-order chi connectivity index (χ0) is 31.4. The number of benzene rings is 2. The molecule has 2 aromatic carbocycles. The van der Waals surface area contributed by atoms with Crippen LogP contribution in [-0.4, -0.2) is 91.3 Å². The van der Waals surface area contributed by atoms with Gasteiger partial charge in [0.1, 0.15) is 6.61 Å². The number of imide groups is 1. The Hall–Kier alpha value is -4.19. The second-order valence-electron chi connectivity index (χ2n) is 10.0. The van der Waals surface area contributed by atoms with Crippen molar-refractivity contribution in [3.8, 4) is 0 Å². The number of nitrogens with zero attached hydrogens (tertiary/aromatic N) is 1. The van der Waals surface area contributed by atoms with Crippen molar-refractivity contribution in [1.82, 2.24) is 4.90 Å². The highest BCUT2D eigenvalue weighted by Gasteiger charge is 2.46. The van der Waals surface area contributed by atoms with Gasteiger partial charge in [-0.2, -0.15) is 0 Å². The number of Topliss-reactive ketones (excluding diaryl/α,β-unsaturated/α-hetero) is 1. The molecule has 1 saturated heterocycles. The Bertz CT molecular complexity index is 1320. The van der Waals surface area contributed by atoms with Crippen LogP contribution < -0.4 is 0 Å². The van der Waals surface area contributed by atoms with Crippen molar-refractivity contribution in [1.29, 1.82) is 0 Å². The van der Waals surface area contributed by atoms with E-state index in [4.69, 9.17) is 24.1 Å². The Labute approximate surface area is 250 Å². The Morgan fingerprint density at radius 2 is 1.81 bits per heavy atom. The van der Waals surface area contributed by atoms with Gasteiger partial charge in [0.2, 0.25) is 0 Å². The van der Waals surface area contributed by atoms with Crippen LogP contribution in [0.2, 0.25) is 0 Å². The lowest BCUT2D eigenvalue weighted by atomic mass is 9.94. The molecular weight excluding hydrogens is 558 g/mol. The van der Waals surface area contributed by atoms with Gasteiger partial charge in [0.25, 0.3) is 5.91 Å². The van der Waals surface area contributed by atoms with Crippen LogP contribution in [0.15, 0.2) is 60.7 Å². The normalized spacial score (nSPS) is 16.4. The molecule has 1 heterocycles. The first-order valence-corrected chi connectivity index (χ1v) is 13.9. The summed E-state index contributed by atoms with van der Waals surface area (Å²) in [5.41, 5.74) is 2.21. The summed E-state index contributed by atoms with van der Waals surface area (Å²) in [7, 11) is 1.16. The highest BCUT2D eigenvalue weighted by Crippen LogP contribution is 2.24. The van der Waals surface area contributed by atoms with Crippen LogP contribution in [0.4, 0.5) is 4.79 Å². The molecule has 0 saturated carbocycles. The van der Waals surface area contributed by atoms with Gasteiger partial charge in [-0.15, -0.1) is 0 Å². The van der Waals surface area contributed by atoms with Crippen molar-refractivity contribution in [3.63, 3.8) is 0 Å². The van der Waals surface area contributed by atoms with Crippen LogP contribution in [-0.2, 0) is 44.5 Å². The number of hydrogen-bond donors (Lipinski definition) is 1. The second kappa shape index (κ2) is 16.4. The smallest absolute Gasteiger partial charge is 0.417 e. The van der Waals surface area contributed by atoms with Crippen molar-refractivity contribution in [2.45, 2.75) is 51.4 Å². The molecule has 0 bridgehead atoms. The molecule has 43 heavy (non-hydrogen) atoms. The Balaban J connectivity index is 1.92. The number of aliphatic hydroxyl groups excluding tert-OH is 1. The molecule has 1 aliphatic rings. The number of hydrogen-bond acceptors (Lipinski definition) is 10. The average Bonchev–Trinajstić information content (AvgIpc) is 3.34. The standard InChI is InChI=1S/C32H37NO10/c1-21-9-7-12-24(17-21)26(27(36)13-8-15-41-16-14-34)19-28(37)29(43-22(2)35)30(40-3)31(38)33-25(20-42-32(33)39)18-23-10-5-4-6-11-23/h4-7,9-12,17,19,25,29-30,34H,8,13-16,18,20H2,1-3H3/t25-,29+,30-/m1/s1. The monoisotopic (exact) mass is 595 g/mol. The molecule has 0 unspecified atom stereocenters. The Kier molecular flexibility index (Phi) is 12.7. The highest BCUT2D eigenvalue weighted by atomic mass is 16.6. The quantitative estimate of drug-likeness (QED) is 0.175. The molecule has 11 nitrogen and oxygen atoms in total. The molecule has 3 rings (SSSR count). The summed E-state index contributed by atoms with van der Waals surface area (Å²) in [6, 6.07) is 15.5. The predicted molar refractivity (Wildman–Crippen MR) is 155 cm³/mol. The molecule has 11 heteroatoms. The number of ketones is 2. The van der Waals surface area contributed by atoms with Gasteiger partial charge in [0.05, 0.1) is 19.3 Å². The second-order valence-corrected chi connectivity index (χ2v) is 10.0. The van der Waals surface area contributed by atoms with Crippen molar-refractivity contribution in [2.75, 3.05) is 33.5 Å². The topological polar surface area (TPSA) is 146 Å². The number of cyclic esters (lactones) is 1. The lowest BCUT2D eigenvalue weighted by molar-refractivity contribution is -0.166. The molecule has 2 amide bonds. The molecule has 230 valence electrons. The first kappa shape index (κ1) is 33.3. The van der Waals surface area contributed by atoms with Gasteiger partial charge in [-0.1, -0.05) is 60.2 Å². The largest absolute Gasteiger partial charge is 0.451 e. The summed E-state index contributed by atoms with van der Waals surface area (Å²) >= 11 is 0. The van der Waals surface area contributed by atoms with E-state index in [1.807, 2.05) is 43.3 Å². The third-order valence-electron chi connectivity index (χ3n) is 6.70. The van der Waals surface area contributed by atoms with E-state index in [-0.39, 0.29) is 44.2 Å².